The van der Waals surface area contributed by atoms with Gasteiger partial charge in [0.15, 0.2) is 0 Å². The van der Waals surface area contributed by atoms with Gasteiger partial charge < -0.3 is 14.8 Å². The summed E-state index contributed by atoms with van der Waals surface area (Å²) in [6.07, 6.45) is 0.383. The molecule has 1 aliphatic rings. The number of carbonyl (C=O) groups is 1. The van der Waals surface area contributed by atoms with Crippen LogP contribution in [0.4, 0.5) is 0 Å². The van der Waals surface area contributed by atoms with Gasteiger partial charge in [0, 0.05) is 12.0 Å². The van der Waals surface area contributed by atoms with Crippen molar-refractivity contribution in [3.63, 3.8) is 0 Å². The summed E-state index contributed by atoms with van der Waals surface area (Å²) in [5.74, 6) is 0.816. The van der Waals surface area contributed by atoms with E-state index in [-0.39, 0.29) is 11.3 Å². The molecule has 4 nitrogen and oxygen atoms in total. The molecule has 4 heteroatoms. The average Bonchev–Trinajstić information content (AvgIpc) is 2.34. The van der Waals surface area contributed by atoms with Crippen LogP contribution in [0, 0.1) is 5.41 Å². The van der Waals surface area contributed by atoms with E-state index in [0.29, 0.717) is 13.0 Å². The SMILES string of the molecule is COc1cccc(CC(=O)NCC2(C)COC2)c1. The second-order valence-corrected chi connectivity index (χ2v) is 5.11. The van der Waals surface area contributed by atoms with Crippen LogP contribution in [0.15, 0.2) is 24.3 Å². The average molecular weight is 249 g/mol. The first kappa shape index (κ1) is 12.9. The summed E-state index contributed by atoms with van der Waals surface area (Å²) in [7, 11) is 1.62. The molecule has 1 fully saturated rings. The maximum Gasteiger partial charge on any atom is 0.224 e. The minimum Gasteiger partial charge on any atom is -0.497 e. The minimum absolute atomic E-state index is 0.0383. The molecular weight excluding hydrogens is 230 g/mol. The highest BCUT2D eigenvalue weighted by atomic mass is 16.5. The van der Waals surface area contributed by atoms with Crippen molar-refractivity contribution in [2.24, 2.45) is 5.41 Å². The molecule has 0 aromatic heterocycles. The molecule has 0 aliphatic carbocycles. The molecule has 1 N–H and O–H groups in total. The smallest absolute Gasteiger partial charge is 0.224 e. The third-order valence-electron chi connectivity index (χ3n) is 3.11. The van der Waals surface area contributed by atoms with Crippen molar-refractivity contribution in [1.29, 1.82) is 0 Å². The number of amides is 1. The van der Waals surface area contributed by atoms with Crippen LogP contribution in [0.1, 0.15) is 12.5 Å². The van der Waals surface area contributed by atoms with E-state index in [1.54, 1.807) is 7.11 Å². The van der Waals surface area contributed by atoms with Crippen LogP contribution in [0.3, 0.4) is 0 Å². The third kappa shape index (κ3) is 3.23. The van der Waals surface area contributed by atoms with E-state index in [2.05, 4.69) is 12.2 Å². The monoisotopic (exact) mass is 249 g/mol. The number of ether oxygens (including phenoxy) is 2. The molecule has 0 spiro atoms. The van der Waals surface area contributed by atoms with Crippen molar-refractivity contribution in [2.45, 2.75) is 13.3 Å². The Kier molecular flexibility index (Phi) is 3.87. The van der Waals surface area contributed by atoms with Crippen LogP contribution in [0.2, 0.25) is 0 Å². The largest absolute Gasteiger partial charge is 0.497 e. The summed E-state index contributed by atoms with van der Waals surface area (Å²) in [5.41, 5.74) is 1.08. The number of hydrogen-bond donors (Lipinski definition) is 1. The van der Waals surface area contributed by atoms with E-state index in [9.17, 15) is 4.79 Å². The summed E-state index contributed by atoms with van der Waals surface area (Å²) in [4.78, 5) is 11.8. The van der Waals surface area contributed by atoms with Crippen molar-refractivity contribution in [1.82, 2.24) is 5.32 Å². The normalized spacial score (nSPS) is 16.8. The highest BCUT2D eigenvalue weighted by Crippen LogP contribution is 2.25. The van der Waals surface area contributed by atoms with Crippen molar-refractivity contribution in [3.8, 4) is 5.75 Å². The predicted molar refractivity (Wildman–Crippen MR) is 68.6 cm³/mol. The second-order valence-electron chi connectivity index (χ2n) is 5.11. The molecular formula is C14H19NO3. The minimum atomic E-state index is 0.0383. The van der Waals surface area contributed by atoms with Gasteiger partial charge in [-0.3, -0.25) is 4.79 Å². The fourth-order valence-corrected chi connectivity index (χ4v) is 1.89. The molecule has 1 aliphatic heterocycles. The molecule has 1 aromatic carbocycles. The molecule has 98 valence electrons. The lowest BCUT2D eigenvalue weighted by Crippen LogP contribution is -2.48. The Balaban J connectivity index is 1.82. The number of rotatable bonds is 5. The first-order valence-electron chi connectivity index (χ1n) is 6.09. The van der Waals surface area contributed by atoms with Gasteiger partial charge in [-0.1, -0.05) is 19.1 Å². The molecule has 1 amide bonds. The van der Waals surface area contributed by atoms with Crippen LogP contribution in [-0.4, -0.2) is 32.8 Å². The van der Waals surface area contributed by atoms with Gasteiger partial charge in [-0.15, -0.1) is 0 Å². The van der Waals surface area contributed by atoms with Gasteiger partial charge >= 0.3 is 0 Å². The highest BCUT2D eigenvalue weighted by Gasteiger charge is 2.33. The van der Waals surface area contributed by atoms with Crippen molar-refractivity contribution in [2.75, 3.05) is 26.9 Å². The Hall–Kier alpha value is -1.55. The van der Waals surface area contributed by atoms with Gasteiger partial charge in [0.25, 0.3) is 0 Å². The number of carbonyl (C=O) groups excluding carboxylic acids is 1. The summed E-state index contributed by atoms with van der Waals surface area (Å²) < 4.78 is 10.3. The maximum absolute atomic E-state index is 11.8. The number of nitrogens with one attached hydrogen (secondary N) is 1. The molecule has 0 radical (unpaired) electrons. The zero-order valence-corrected chi connectivity index (χ0v) is 10.9. The van der Waals surface area contributed by atoms with Crippen LogP contribution >= 0.6 is 0 Å². The third-order valence-corrected chi connectivity index (χ3v) is 3.11. The Morgan fingerprint density at radius 1 is 1.50 bits per heavy atom. The van der Waals surface area contributed by atoms with Crippen LogP contribution in [0.25, 0.3) is 0 Å². The lowest BCUT2D eigenvalue weighted by molar-refractivity contribution is -0.126. The summed E-state index contributed by atoms with van der Waals surface area (Å²) in [5, 5.41) is 2.95. The lowest BCUT2D eigenvalue weighted by atomic mass is 9.89. The number of benzene rings is 1. The first-order chi connectivity index (χ1) is 8.61. The summed E-state index contributed by atoms with van der Waals surface area (Å²) in [6.45, 7) is 4.25. The van der Waals surface area contributed by atoms with Gasteiger partial charge in [-0.25, -0.2) is 0 Å². The Bertz CT molecular complexity index is 427. The van der Waals surface area contributed by atoms with E-state index < -0.39 is 0 Å². The van der Waals surface area contributed by atoms with Crippen molar-refractivity contribution in [3.05, 3.63) is 29.8 Å². The van der Waals surface area contributed by atoms with E-state index in [4.69, 9.17) is 9.47 Å². The molecule has 18 heavy (non-hydrogen) atoms. The fourth-order valence-electron chi connectivity index (χ4n) is 1.89. The molecule has 0 bridgehead atoms. The fraction of sp³-hybridized carbons (Fsp3) is 0.500. The Morgan fingerprint density at radius 2 is 2.28 bits per heavy atom. The standard InChI is InChI=1S/C14H19NO3/c1-14(9-18-10-14)8-15-13(16)7-11-4-3-5-12(6-11)17-2/h3-6H,7-10H2,1-2H3,(H,15,16). The van der Waals surface area contributed by atoms with Gasteiger partial charge in [-0.05, 0) is 17.7 Å². The molecule has 1 heterocycles. The van der Waals surface area contributed by atoms with Gasteiger partial charge in [0.05, 0.1) is 26.7 Å². The lowest BCUT2D eigenvalue weighted by Gasteiger charge is -2.38. The van der Waals surface area contributed by atoms with Crippen molar-refractivity contribution >= 4 is 5.91 Å². The van der Waals surface area contributed by atoms with Crippen LogP contribution in [0.5, 0.6) is 5.75 Å². The van der Waals surface area contributed by atoms with E-state index in [0.717, 1.165) is 24.5 Å². The number of methoxy groups -OCH3 is 1. The quantitative estimate of drug-likeness (QED) is 0.858. The number of hydrogen-bond acceptors (Lipinski definition) is 3. The van der Waals surface area contributed by atoms with Gasteiger partial charge in [-0.2, -0.15) is 0 Å². The molecule has 1 saturated heterocycles. The zero-order chi connectivity index (χ0) is 13.0. The maximum atomic E-state index is 11.8. The van der Waals surface area contributed by atoms with E-state index >= 15 is 0 Å². The Labute approximate surface area is 107 Å². The molecule has 0 atom stereocenters. The summed E-state index contributed by atoms with van der Waals surface area (Å²) in [6, 6.07) is 7.57. The Morgan fingerprint density at radius 3 is 2.89 bits per heavy atom. The van der Waals surface area contributed by atoms with Crippen LogP contribution in [-0.2, 0) is 16.0 Å². The van der Waals surface area contributed by atoms with Crippen molar-refractivity contribution < 1.29 is 14.3 Å². The molecule has 1 aromatic rings. The zero-order valence-electron chi connectivity index (χ0n) is 10.9. The predicted octanol–water partition coefficient (Wildman–Crippen LogP) is 1.39. The molecule has 2 rings (SSSR count). The highest BCUT2D eigenvalue weighted by molar-refractivity contribution is 5.78. The van der Waals surface area contributed by atoms with Gasteiger partial charge in [0.1, 0.15) is 5.75 Å². The molecule has 0 saturated carbocycles. The van der Waals surface area contributed by atoms with Crippen LogP contribution < -0.4 is 10.1 Å². The van der Waals surface area contributed by atoms with E-state index in [1.165, 1.54) is 0 Å². The topological polar surface area (TPSA) is 47.6 Å². The molecule has 0 unspecified atom stereocenters. The second kappa shape index (κ2) is 5.40. The summed E-state index contributed by atoms with van der Waals surface area (Å²) >= 11 is 0. The first-order valence-corrected chi connectivity index (χ1v) is 6.09. The van der Waals surface area contributed by atoms with Gasteiger partial charge in [0.2, 0.25) is 5.91 Å². The van der Waals surface area contributed by atoms with E-state index in [1.807, 2.05) is 24.3 Å².